The summed E-state index contributed by atoms with van der Waals surface area (Å²) in [6.45, 7) is 7.07. The molecule has 4 heteroatoms. The summed E-state index contributed by atoms with van der Waals surface area (Å²) in [4.78, 5) is 16.9. The first kappa shape index (κ1) is 19.3. The third-order valence-electron chi connectivity index (χ3n) is 8.14. The van der Waals surface area contributed by atoms with Crippen LogP contribution in [0.5, 0.6) is 0 Å². The van der Waals surface area contributed by atoms with E-state index in [1.54, 1.807) is 12.1 Å². The first-order valence-electron chi connectivity index (χ1n) is 11.5. The summed E-state index contributed by atoms with van der Waals surface area (Å²) < 4.78 is 14.1. The van der Waals surface area contributed by atoms with Crippen LogP contribution >= 0.6 is 0 Å². The maximum atomic E-state index is 14.1. The van der Waals surface area contributed by atoms with Crippen molar-refractivity contribution in [1.82, 2.24) is 4.90 Å². The second-order valence-corrected chi connectivity index (χ2v) is 9.85. The summed E-state index contributed by atoms with van der Waals surface area (Å²) in [5.41, 5.74) is 2.39. The first-order chi connectivity index (χ1) is 14.1. The van der Waals surface area contributed by atoms with Crippen LogP contribution in [0, 0.1) is 23.6 Å². The molecule has 1 aromatic carbocycles. The number of fused-ring (bicyclic) bond motifs is 4. The molecule has 1 saturated heterocycles. The van der Waals surface area contributed by atoms with Crippen LogP contribution in [0.25, 0.3) is 0 Å². The number of likely N-dealkylation sites (tertiary alicyclic amines) is 1. The maximum Gasteiger partial charge on any atom is 0.134 e. The van der Waals surface area contributed by atoms with Crippen LogP contribution < -0.4 is 4.90 Å². The fourth-order valence-electron chi connectivity index (χ4n) is 6.41. The number of allylic oxidation sites excluding steroid dienone is 2. The topological polar surface area (TPSA) is 23.6 Å². The Kier molecular flexibility index (Phi) is 5.01. The summed E-state index contributed by atoms with van der Waals surface area (Å²) in [6.07, 6.45) is 11.0. The minimum Gasteiger partial charge on any atom is -0.370 e. The Morgan fingerprint density at radius 2 is 2.03 bits per heavy atom. The SMILES string of the molecule is CCC(=O)CCN1CC2(CCN(C[C@@H]3C[C@H]4C=CC3C4)CC2)c2cc(F)ccc21. The smallest absolute Gasteiger partial charge is 0.134 e. The molecule has 2 fully saturated rings. The number of anilines is 1. The molecule has 29 heavy (non-hydrogen) atoms. The lowest BCUT2D eigenvalue weighted by Gasteiger charge is -2.41. The van der Waals surface area contributed by atoms with E-state index < -0.39 is 0 Å². The number of hydrogen-bond acceptors (Lipinski definition) is 3. The van der Waals surface area contributed by atoms with Crippen LogP contribution in [0.4, 0.5) is 10.1 Å². The van der Waals surface area contributed by atoms with Crippen LogP contribution in [0.3, 0.4) is 0 Å². The van der Waals surface area contributed by atoms with Gasteiger partial charge in [-0.3, -0.25) is 4.79 Å². The van der Waals surface area contributed by atoms with Gasteiger partial charge >= 0.3 is 0 Å². The Morgan fingerprint density at radius 1 is 1.21 bits per heavy atom. The van der Waals surface area contributed by atoms with Gasteiger partial charge in [0.25, 0.3) is 0 Å². The summed E-state index contributed by atoms with van der Waals surface area (Å²) in [5, 5.41) is 0. The number of halogens is 1. The molecule has 0 N–H and O–H groups in total. The highest BCUT2D eigenvalue weighted by atomic mass is 19.1. The van der Waals surface area contributed by atoms with Crippen molar-refractivity contribution in [3.63, 3.8) is 0 Å². The van der Waals surface area contributed by atoms with Gasteiger partial charge in [0.15, 0.2) is 0 Å². The van der Waals surface area contributed by atoms with Crippen molar-refractivity contribution < 1.29 is 9.18 Å². The first-order valence-corrected chi connectivity index (χ1v) is 11.5. The second kappa shape index (κ2) is 7.54. The Labute approximate surface area is 173 Å². The van der Waals surface area contributed by atoms with E-state index >= 15 is 0 Å². The molecule has 0 radical (unpaired) electrons. The Morgan fingerprint density at radius 3 is 2.72 bits per heavy atom. The zero-order chi connectivity index (χ0) is 20.0. The molecule has 2 aliphatic heterocycles. The summed E-state index contributed by atoms with van der Waals surface area (Å²) in [6, 6.07) is 5.28. The van der Waals surface area contributed by atoms with Gasteiger partial charge in [-0.05, 0) is 80.3 Å². The van der Waals surface area contributed by atoms with Gasteiger partial charge in [-0.2, -0.15) is 0 Å². The van der Waals surface area contributed by atoms with E-state index in [-0.39, 0.29) is 11.2 Å². The minimum absolute atomic E-state index is 0.0534. The molecular weight excluding hydrogens is 363 g/mol. The van der Waals surface area contributed by atoms with Crippen LogP contribution in [0.2, 0.25) is 0 Å². The van der Waals surface area contributed by atoms with Gasteiger partial charge in [-0.1, -0.05) is 19.1 Å². The van der Waals surface area contributed by atoms with Crippen molar-refractivity contribution in [2.45, 2.75) is 50.9 Å². The molecular formula is C25H33FN2O. The van der Waals surface area contributed by atoms with Crippen molar-refractivity contribution in [2.24, 2.45) is 17.8 Å². The van der Waals surface area contributed by atoms with Gasteiger partial charge in [-0.15, -0.1) is 0 Å². The van der Waals surface area contributed by atoms with Crippen LogP contribution in [0.15, 0.2) is 30.4 Å². The molecule has 2 bridgehead atoms. The minimum atomic E-state index is -0.134. The molecule has 1 unspecified atom stereocenters. The van der Waals surface area contributed by atoms with Crippen molar-refractivity contribution >= 4 is 11.5 Å². The van der Waals surface area contributed by atoms with Crippen molar-refractivity contribution in [1.29, 1.82) is 0 Å². The van der Waals surface area contributed by atoms with E-state index in [0.717, 1.165) is 62.5 Å². The van der Waals surface area contributed by atoms with Crippen molar-refractivity contribution in [3.05, 3.63) is 41.7 Å². The molecule has 1 spiro atoms. The standard InChI is InChI=1S/C25H33FN2O/c1-2-22(29)7-10-28-17-25(23-15-21(26)5-6-24(23)28)8-11-27(12-9-25)16-20-14-18-3-4-19(20)13-18/h3-6,15,18-20H,2,7-14,16-17H2,1H3/t18-,19?,20-/m0/s1. The number of hydrogen-bond donors (Lipinski definition) is 0. The van der Waals surface area contributed by atoms with Gasteiger partial charge < -0.3 is 9.80 Å². The van der Waals surface area contributed by atoms with E-state index in [0.29, 0.717) is 18.6 Å². The fraction of sp³-hybridized carbons (Fsp3) is 0.640. The highest BCUT2D eigenvalue weighted by Crippen LogP contribution is 2.48. The monoisotopic (exact) mass is 396 g/mol. The Balaban J connectivity index is 1.27. The molecule has 4 aliphatic rings. The zero-order valence-electron chi connectivity index (χ0n) is 17.6. The normalized spacial score (nSPS) is 29.7. The average Bonchev–Trinajstić information content (AvgIpc) is 3.42. The summed E-state index contributed by atoms with van der Waals surface area (Å²) in [5.74, 6) is 2.66. The number of Topliss-reactive ketones (excluding diaryl/α,β-unsaturated/α-hetero) is 1. The number of ketones is 1. The number of nitrogens with zero attached hydrogens (tertiary/aromatic N) is 2. The molecule has 1 aromatic rings. The second-order valence-electron chi connectivity index (χ2n) is 9.85. The number of carbonyl (C=O) groups excluding carboxylic acids is 1. The lowest BCUT2D eigenvalue weighted by Crippen LogP contribution is -2.46. The third-order valence-corrected chi connectivity index (χ3v) is 8.14. The lowest BCUT2D eigenvalue weighted by atomic mass is 9.74. The molecule has 5 rings (SSSR count). The highest BCUT2D eigenvalue weighted by Gasteiger charge is 2.45. The largest absolute Gasteiger partial charge is 0.370 e. The maximum absolute atomic E-state index is 14.1. The molecule has 0 amide bonds. The summed E-state index contributed by atoms with van der Waals surface area (Å²) >= 11 is 0. The lowest BCUT2D eigenvalue weighted by molar-refractivity contribution is -0.118. The number of benzene rings is 1. The molecule has 2 aliphatic carbocycles. The average molecular weight is 397 g/mol. The van der Waals surface area contributed by atoms with E-state index in [2.05, 4.69) is 22.0 Å². The van der Waals surface area contributed by atoms with Gasteiger partial charge in [0.2, 0.25) is 0 Å². The molecule has 2 heterocycles. The predicted molar refractivity (Wildman–Crippen MR) is 115 cm³/mol. The van der Waals surface area contributed by atoms with Crippen LogP contribution in [-0.4, -0.2) is 43.4 Å². The van der Waals surface area contributed by atoms with Gasteiger partial charge in [0, 0.05) is 43.6 Å². The van der Waals surface area contributed by atoms with Crippen LogP contribution in [-0.2, 0) is 10.2 Å². The van der Waals surface area contributed by atoms with E-state index in [9.17, 15) is 9.18 Å². The quantitative estimate of drug-likeness (QED) is 0.659. The Bertz CT molecular complexity index is 811. The molecule has 0 aromatic heterocycles. The third kappa shape index (κ3) is 3.54. The van der Waals surface area contributed by atoms with Crippen molar-refractivity contribution in [3.8, 4) is 0 Å². The predicted octanol–water partition coefficient (Wildman–Crippen LogP) is 4.56. The number of carbonyl (C=O) groups is 1. The molecule has 1 saturated carbocycles. The van der Waals surface area contributed by atoms with E-state index in [4.69, 9.17) is 0 Å². The van der Waals surface area contributed by atoms with Crippen molar-refractivity contribution in [2.75, 3.05) is 37.6 Å². The van der Waals surface area contributed by atoms with Crippen LogP contribution in [0.1, 0.15) is 51.0 Å². The zero-order valence-corrected chi connectivity index (χ0v) is 17.6. The Hall–Kier alpha value is -1.68. The molecule has 3 nitrogen and oxygen atoms in total. The van der Waals surface area contributed by atoms with Gasteiger partial charge in [0.05, 0.1) is 0 Å². The fourth-order valence-corrected chi connectivity index (χ4v) is 6.41. The number of rotatable bonds is 6. The van der Waals surface area contributed by atoms with Gasteiger partial charge in [-0.25, -0.2) is 4.39 Å². The molecule has 3 atom stereocenters. The molecule has 156 valence electrons. The summed E-state index contributed by atoms with van der Waals surface area (Å²) in [7, 11) is 0. The van der Waals surface area contributed by atoms with Gasteiger partial charge in [0.1, 0.15) is 11.6 Å². The highest BCUT2D eigenvalue weighted by molar-refractivity contribution is 5.79. The number of piperidine rings is 1. The van der Waals surface area contributed by atoms with E-state index in [1.807, 2.05) is 13.0 Å². The van der Waals surface area contributed by atoms with E-state index in [1.165, 1.54) is 24.9 Å².